The van der Waals surface area contributed by atoms with E-state index in [2.05, 4.69) is 10.6 Å². The number of benzene rings is 2. The number of para-hydroxylation sites is 2. The lowest BCUT2D eigenvalue weighted by Crippen LogP contribution is -2.33. The maximum atomic E-state index is 12.1. The highest BCUT2D eigenvalue weighted by Gasteiger charge is 2.23. The lowest BCUT2D eigenvalue weighted by atomic mass is 10.1. The number of nitrogens with one attached hydrogen (secondary N) is 2. The van der Waals surface area contributed by atoms with Gasteiger partial charge in [-0.2, -0.15) is 0 Å². The molecule has 0 heterocycles. The molecule has 0 radical (unpaired) electrons. The minimum atomic E-state index is -0.847. The number of rotatable bonds is 5. The van der Waals surface area contributed by atoms with Crippen LogP contribution in [0, 0.1) is 10.1 Å². The van der Waals surface area contributed by atoms with E-state index in [4.69, 9.17) is 11.6 Å². The van der Waals surface area contributed by atoms with E-state index in [0.717, 1.165) is 6.07 Å². The van der Waals surface area contributed by atoms with Crippen molar-refractivity contribution < 1.29 is 19.6 Å². The van der Waals surface area contributed by atoms with Crippen molar-refractivity contribution in [2.24, 2.45) is 0 Å². The molecule has 2 amide bonds. The van der Waals surface area contributed by atoms with Crippen molar-refractivity contribution in [3.8, 4) is 5.75 Å². The van der Waals surface area contributed by atoms with Crippen LogP contribution < -0.4 is 10.6 Å². The molecule has 0 unspecified atom stereocenters. The van der Waals surface area contributed by atoms with Crippen LogP contribution in [0.3, 0.4) is 0 Å². The number of hydrogen-bond acceptors (Lipinski definition) is 5. The summed E-state index contributed by atoms with van der Waals surface area (Å²) in [7, 11) is 0. The summed E-state index contributed by atoms with van der Waals surface area (Å²) in [5, 5.41) is 25.1. The zero-order valence-electron chi connectivity index (χ0n) is 12.2. The maximum Gasteiger partial charge on any atom is 0.283 e. The van der Waals surface area contributed by atoms with Crippen molar-refractivity contribution in [3.63, 3.8) is 0 Å². The van der Waals surface area contributed by atoms with Crippen molar-refractivity contribution in [2.45, 2.75) is 0 Å². The van der Waals surface area contributed by atoms with E-state index in [-0.39, 0.29) is 22.0 Å². The van der Waals surface area contributed by atoms with E-state index in [1.807, 2.05) is 0 Å². The summed E-state index contributed by atoms with van der Waals surface area (Å²) >= 11 is 5.84. The number of nitro benzene ring substituents is 1. The fourth-order valence-corrected chi connectivity index (χ4v) is 2.17. The first-order valence-electron chi connectivity index (χ1n) is 6.69. The number of nitro groups is 1. The fraction of sp³-hybridized carbons (Fsp3) is 0.0667. The Balaban J connectivity index is 2.05. The number of amides is 2. The third-order valence-electron chi connectivity index (χ3n) is 3.00. The molecular weight excluding hydrogens is 338 g/mol. The number of carbonyl (C=O) groups is 2. The summed E-state index contributed by atoms with van der Waals surface area (Å²) in [5.41, 5.74) is -0.596. The number of phenols is 1. The molecule has 0 aliphatic carbocycles. The molecule has 0 bridgehead atoms. The second-order valence-corrected chi connectivity index (χ2v) is 5.05. The smallest absolute Gasteiger partial charge is 0.283 e. The van der Waals surface area contributed by atoms with E-state index in [1.165, 1.54) is 24.3 Å². The van der Waals surface area contributed by atoms with Gasteiger partial charge in [0.25, 0.3) is 11.6 Å². The third kappa shape index (κ3) is 3.99. The molecule has 2 aromatic rings. The molecule has 3 N–H and O–H groups in total. The van der Waals surface area contributed by atoms with Gasteiger partial charge >= 0.3 is 0 Å². The topological polar surface area (TPSA) is 122 Å². The Kier molecular flexibility index (Phi) is 5.33. The molecule has 0 spiro atoms. The third-order valence-corrected chi connectivity index (χ3v) is 3.32. The van der Waals surface area contributed by atoms with Gasteiger partial charge < -0.3 is 15.7 Å². The first-order valence-corrected chi connectivity index (χ1v) is 7.07. The summed E-state index contributed by atoms with van der Waals surface area (Å²) in [4.78, 5) is 34.1. The second kappa shape index (κ2) is 7.42. The molecule has 0 aliphatic heterocycles. The molecule has 0 fully saturated rings. The minimum Gasteiger partial charge on any atom is -0.506 e. The van der Waals surface area contributed by atoms with Crippen LogP contribution in [0.4, 0.5) is 11.4 Å². The summed E-state index contributed by atoms with van der Waals surface area (Å²) in [5.74, 6) is -1.58. The van der Waals surface area contributed by atoms with Crippen molar-refractivity contribution >= 4 is 34.8 Å². The summed E-state index contributed by atoms with van der Waals surface area (Å²) < 4.78 is 0. The lowest BCUT2D eigenvalue weighted by Gasteiger charge is -2.09. The monoisotopic (exact) mass is 349 g/mol. The van der Waals surface area contributed by atoms with Crippen molar-refractivity contribution in [2.75, 3.05) is 11.9 Å². The molecule has 2 aromatic carbocycles. The normalized spacial score (nSPS) is 10.0. The predicted octanol–water partition coefficient (Wildman–Crippen LogP) is 2.32. The number of aromatic hydroxyl groups is 1. The van der Waals surface area contributed by atoms with E-state index in [1.54, 1.807) is 12.1 Å². The first-order chi connectivity index (χ1) is 11.4. The Morgan fingerprint density at radius 2 is 1.88 bits per heavy atom. The molecule has 0 saturated carbocycles. The van der Waals surface area contributed by atoms with Crippen molar-refractivity contribution in [1.29, 1.82) is 0 Å². The fourth-order valence-electron chi connectivity index (χ4n) is 1.91. The molecule has 2 rings (SSSR count). The number of hydrogen-bond donors (Lipinski definition) is 3. The molecule has 24 heavy (non-hydrogen) atoms. The van der Waals surface area contributed by atoms with Crippen LogP contribution in [0.5, 0.6) is 5.75 Å². The predicted molar refractivity (Wildman–Crippen MR) is 87.2 cm³/mol. The van der Waals surface area contributed by atoms with E-state index in [9.17, 15) is 24.8 Å². The molecule has 0 saturated heterocycles. The van der Waals surface area contributed by atoms with Gasteiger partial charge in [0.1, 0.15) is 11.3 Å². The van der Waals surface area contributed by atoms with Gasteiger partial charge in [-0.15, -0.1) is 0 Å². The lowest BCUT2D eigenvalue weighted by molar-refractivity contribution is -0.385. The van der Waals surface area contributed by atoms with Gasteiger partial charge in [0.15, 0.2) is 0 Å². The SMILES string of the molecule is O=C(CNC(=O)c1c(Cl)cccc1[N+](=O)[O-])Nc1ccccc1O. The van der Waals surface area contributed by atoms with E-state index < -0.39 is 29.0 Å². The quantitative estimate of drug-likeness (QED) is 0.434. The van der Waals surface area contributed by atoms with Crippen LogP contribution in [-0.4, -0.2) is 28.4 Å². The Labute approximate surface area is 141 Å². The van der Waals surface area contributed by atoms with Gasteiger partial charge in [-0.1, -0.05) is 29.8 Å². The highest BCUT2D eigenvalue weighted by molar-refractivity contribution is 6.34. The van der Waals surface area contributed by atoms with Gasteiger partial charge in [-0.3, -0.25) is 19.7 Å². The van der Waals surface area contributed by atoms with Crippen LogP contribution in [0.1, 0.15) is 10.4 Å². The maximum absolute atomic E-state index is 12.1. The molecule has 0 aromatic heterocycles. The highest BCUT2D eigenvalue weighted by atomic mass is 35.5. The largest absolute Gasteiger partial charge is 0.506 e. The van der Waals surface area contributed by atoms with E-state index in [0.29, 0.717) is 0 Å². The minimum absolute atomic E-state index is 0.0946. The average Bonchev–Trinajstić information content (AvgIpc) is 2.54. The average molecular weight is 350 g/mol. The molecule has 8 nitrogen and oxygen atoms in total. The molecule has 0 aliphatic rings. The summed E-state index contributed by atoms with van der Waals surface area (Å²) in [6, 6.07) is 9.90. The number of nitrogens with zero attached hydrogens (tertiary/aromatic N) is 1. The van der Waals surface area contributed by atoms with Gasteiger partial charge in [0.2, 0.25) is 5.91 Å². The van der Waals surface area contributed by atoms with Gasteiger partial charge in [0, 0.05) is 6.07 Å². The Morgan fingerprint density at radius 1 is 1.17 bits per heavy atom. The molecular formula is C15H12ClN3O5. The Bertz CT molecular complexity index is 809. The Hall–Kier alpha value is -3.13. The number of carbonyl (C=O) groups excluding carboxylic acids is 2. The zero-order valence-corrected chi connectivity index (χ0v) is 12.9. The zero-order chi connectivity index (χ0) is 17.7. The van der Waals surface area contributed by atoms with Crippen LogP contribution in [0.2, 0.25) is 5.02 Å². The van der Waals surface area contributed by atoms with Crippen molar-refractivity contribution in [1.82, 2.24) is 5.32 Å². The van der Waals surface area contributed by atoms with Gasteiger partial charge in [-0.05, 0) is 18.2 Å². The van der Waals surface area contributed by atoms with E-state index >= 15 is 0 Å². The van der Waals surface area contributed by atoms with Crippen molar-refractivity contribution in [3.05, 3.63) is 63.2 Å². The molecule has 9 heteroatoms. The van der Waals surface area contributed by atoms with Crippen LogP contribution in [-0.2, 0) is 4.79 Å². The second-order valence-electron chi connectivity index (χ2n) is 4.64. The molecule has 124 valence electrons. The number of anilines is 1. The molecule has 0 atom stereocenters. The summed E-state index contributed by atoms with van der Waals surface area (Å²) in [6.45, 7) is -0.449. The van der Waals surface area contributed by atoms with Gasteiger partial charge in [-0.25, -0.2) is 0 Å². The number of halogens is 1. The first kappa shape index (κ1) is 17.2. The van der Waals surface area contributed by atoms with Crippen LogP contribution in [0.15, 0.2) is 42.5 Å². The number of phenolic OH excluding ortho intramolecular Hbond substituents is 1. The highest BCUT2D eigenvalue weighted by Crippen LogP contribution is 2.26. The van der Waals surface area contributed by atoms with Crippen LogP contribution in [0.25, 0.3) is 0 Å². The standard InChI is InChI=1S/C15H12ClN3O5/c16-9-4-3-6-11(19(23)24)14(9)15(22)17-8-13(21)18-10-5-1-2-7-12(10)20/h1-7,20H,8H2,(H,17,22)(H,18,21). The van der Waals surface area contributed by atoms with Gasteiger partial charge in [0.05, 0.1) is 22.2 Å². The summed E-state index contributed by atoms with van der Waals surface area (Å²) in [6.07, 6.45) is 0. The van der Waals surface area contributed by atoms with Crippen LogP contribution >= 0.6 is 11.6 Å². The Morgan fingerprint density at radius 3 is 2.54 bits per heavy atom.